The van der Waals surface area contributed by atoms with Crippen LogP contribution in [0.1, 0.15) is 18.1 Å². The van der Waals surface area contributed by atoms with Crippen LogP contribution in [-0.4, -0.2) is 49.7 Å². The van der Waals surface area contributed by atoms with E-state index in [2.05, 4.69) is 0 Å². The van der Waals surface area contributed by atoms with Crippen LogP contribution in [-0.2, 0) is 14.8 Å². The Kier molecular flexibility index (Phi) is 5.77. The van der Waals surface area contributed by atoms with Gasteiger partial charge in [0.2, 0.25) is 15.9 Å². The molecule has 0 bridgehead atoms. The Labute approximate surface area is 161 Å². The van der Waals surface area contributed by atoms with E-state index in [9.17, 15) is 13.2 Å². The van der Waals surface area contributed by atoms with Crippen molar-refractivity contribution in [2.45, 2.75) is 18.7 Å². The second-order valence-corrected chi connectivity index (χ2v) is 8.67. The summed E-state index contributed by atoms with van der Waals surface area (Å²) in [4.78, 5) is 14.5. The molecular weight excluding hydrogens is 360 g/mol. The molecule has 1 aliphatic rings. The van der Waals surface area contributed by atoms with E-state index in [4.69, 9.17) is 0 Å². The van der Waals surface area contributed by atoms with Gasteiger partial charge in [0.25, 0.3) is 0 Å². The molecule has 3 rings (SSSR count). The smallest absolute Gasteiger partial charge is 0.246 e. The van der Waals surface area contributed by atoms with Gasteiger partial charge in [-0.15, -0.1) is 0 Å². The van der Waals surface area contributed by atoms with Gasteiger partial charge in [-0.3, -0.25) is 4.79 Å². The van der Waals surface area contributed by atoms with Crippen molar-refractivity contribution in [3.63, 3.8) is 0 Å². The fraction of sp³-hybridized carbons (Fsp3) is 0.286. The van der Waals surface area contributed by atoms with Crippen LogP contribution in [0.15, 0.2) is 65.6 Å². The molecule has 0 saturated carbocycles. The number of amides is 1. The fourth-order valence-corrected chi connectivity index (χ4v) is 4.49. The van der Waals surface area contributed by atoms with Crippen molar-refractivity contribution >= 4 is 21.5 Å². The molecule has 0 atom stereocenters. The average molecular weight is 385 g/mol. The first-order chi connectivity index (χ1) is 12.9. The maximum absolute atomic E-state index is 12.7. The summed E-state index contributed by atoms with van der Waals surface area (Å²) >= 11 is 0. The molecular formula is C21H24N2O3S. The third-order valence-corrected chi connectivity index (χ3v) is 6.69. The predicted octanol–water partition coefficient (Wildman–Crippen LogP) is 2.93. The third-order valence-electron chi connectivity index (χ3n) is 4.78. The lowest BCUT2D eigenvalue weighted by atomic mass is 10.1. The van der Waals surface area contributed by atoms with E-state index in [1.165, 1.54) is 4.31 Å². The minimum absolute atomic E-state index is 0.0799. The van der Waals surface area contributed by atoms with E-state index >= 15 is 0 Å². The summed E-state index contributed by atoms with van der Waals surface area (Å²) in [7, 11) is -3.51. The zero-order chi connectivity index (χ0) is 19.4. The first-order valence-corrected chi connectivity index (χ1v) is 10.4. The average Bonchev–Trinajstić information content (AvgIpc) is 2.69. The molecule has 5 nitrogen and oxygen atoms in total. The number of carbonyl (C=O) groups excluding carboxylic acids is 1. The van der Waals surface area contributed by atoms with Crippen LogP contribution >= 0.6 is 0 Å². The monoisotopic (exact) mass is 384 g/mol. The van der Waals surface area contributed by atoms with Crippen LogP contribution in [0.25, 0.3) is 5.57 Å². The molecule has 0 radical (unpaired) electrons. The van der Waals surface area contributed by atoms with Crippen molar-refractivity contribution in [2.75, 3.05) is 26.2 Å². The van der Waals surface area contributed by atoms with Crippen molar-refractivity contribution in [1.82, 2.24) is 9.21 Å². The number of benzene rings is 2. The van der Waals surface area contributed by atoms with Crippen LogP contribution in [0, 0.1) is 6.92 Å². The second kappa shape index (κ2) is 8.06. The van der Waals surface area contributed by atoms with E-state index in [1.54, 1.807) is 35.2 Å². The molecule has 1 aliphatic heterocycles. The Morgan fingerprint density at radius 2 is 1.52 bits per heavy atom. The SMILES string of the molecule is C/C(=C\C(=O)N1CCN(S(=O)(=O)c2ccc(C)cc2)CC1)c1ccccc1. The highest BCUT2D eigenvalue weighted by molar-refractivity contribution is 7.89. The van der Waals surface area contributed by atoms with E-state index < -0.39 is 10.0 Å². The van der Waals surface area contributed by atoms with Crippen molar-refractivity contribution in [2.24, 2.45) is 0 Å². The molecule has 0 unspecified atom stereocenters. The zero-order valence-electron chi connectivity index (χ0n) is 15.6. The summed E-state index contributed by atoms with van der Waals surface area (Å²) < 4.78 is 27.0. The second-order valence-electron chi connectivity index (χ2n) is 6.74. The molecule has 1 saturated heterocycles. The molecule has 2 aromatic carbocycles. The summed E-state index contributed by atoms with van der Waals surface area (Å²) in [5, 5.41) is 0. The van der Waals surface area contributed by atoms with E-state index in [0.717, 1.165) is 16.7 Å². The molecule has 1 fully saturated rings. The van der Waals surface area contributed by atoms with Crippen molar-refractivity contribution in [3.8, 4) is 0 Å². The number of aryl methyl sites for hydroxylation is 1. The van der Waals surface area contributed by atoms with Crippen LogP contribution < -0.4 is 0 Å². The summed E-state index contributed by atoms with van der Waals surface area (Å²) in [5.74, 6) is -0.0799. The van der Waals surface area contributed by atoms with Crippen molar-refractivity contribution < 1.29 is 13.2 Å². The molecule has 142 valence electrons. The van der Waals surface area contributed by atoms with E-state index in [1.807, 2.05) is 44.2 Å². The quantitative estimate of drug-likeness (QED) is 0.762. The number of nitrogens with zero attached hydrogens (tertiary/aromatic N) is 2. The van der Waals surface area contributed by atoms with Gasteiger partial charge < -0.3 is 4.90 Å². The van der Waals surface area contributed by atoms with Gasteiger partial charge in [0.15, 0.2) is 0 Å². The molecule has 27 heavy (non-hydrogen) atoms. The Bertz CT molecular complexity index is 927. The Morgan fingerprint density at radius 3 is 2.11 bits per heavy atom. The maximum Gasteiger partial charge on any atom is 0.246 e. The van der Waals surface area contributed by atoms with Crippen molar-refractivity contribution in [3.05, 3.63) is 71.8 Å². The van der Waals surface area contributed by atoms with E-state index in [-0.39, 0.29) is 5.91 Å². The van der Waals surface area contributed by atoms with Crippen LogP contribution in [0.4, 0.5) is 0 Å². The standard InChI is InChI=1S/C21H24N2O3S/c1-17-8-10-20(11-9-17)27(25,26)23-14-12-22(13-15-23)21(24)16-18(2)19-6-4-3-5-7-19/h3-11,16H,12-15H2,1-2H3/b18-16+. The largest absolute Gasteiger partial charge is 0.337 e. The lowest BCUT2D eigenvalue weighted by molar-refractivity contribution is -0.127. The number of rotatable bonds is 4. The van der Waals surface area contributed by atoms with Gasteiger partial charge in [-0.05, 0) is 37.1 Å². The minimum atomic E-state index is -3.51. The highest BCUT2D eigenvalue weighted by atomic mass is 32.2. The molecule has 6 heteroatoms. The number of hydrogen-bond donors (Lipinski definition) is 0. The first kappa shape index (κ1) is 19.3. The minimum Gasteiger partial charge on any atom is -0.337 e. The number of piperazine rings is 1. The lowest BCUT2D eigenvalue weighted by Gasteiger charge is -2.33. The number of hydrogen-bond acceptors (Lipinski definition) is 3. The molecule has 0 aliphatic carbocycles. The van der Waals surface area contributed by atoms with Gasteiger partial charge in [0.1, 0.15) is 0 Å². The normalized spacial score (nSPS) is 16.4. The highest BCUT2D eigenvalue weighted by Crippen LogP contribution is 2.19. The highest BCUT2D eigenvalue weighted by Gasteiger charge is 2.29. The van der Waals surface area contributed by atoms with Gasteiger partial charge in [0, 0.05) is 32.3 Å². The van der Waals surface area contributed by atoms with Gasteiger partial charge in [0.05, 0.1) is 4.90 Å². The Balaban J connectivity index is 1.64. The summed E-state index contributed by atoms with van der Waals surface area (Å²) in [6.07, 6.45) is 1.62. The fourth-order valence-electron chi connectivity index (χ4n) is 3.07. The molecule has 1 amide bonds. The number of carbonyl (C=O) groups is 1. The van der Waals surface area contributed by atoms with Crippen LogP contribution in [0.5, 0.6) is 0 Å². The van der Waals surface area contributed by atoms with Crippen LogP contribution in [0.3, 0.4) is 0 Å². The first-order valence-electron chi connectivity index (χ1n) is 8.97. The van der Waals surface area contributed by atoms with Crippen molar-refractivity contribution in [1.29, 1.82) is 0 Å². The summed E-state index contributed by atoms with van der Waals surface area (Å²) in [6.45, 7) is 5.22. The van der Waals surface area contributed by atoms with Gasteiger partial charge in [-0.25, -0.2) is 8.42 Å². The molecule has 0 N–H and O–H groups in total. The Morgan fingerprint density at radius 1 is 0.926 bits per heavy atom. The summed E-state index contributed by atoms with van der Waals surface area (Å²) in [5.41, 5.74) is 2.92. The molecule has 0 aromatic heterocycles. The molecule has 1 heterocycles. The number of sulfonamides is 1. The maximum atomic E-state index is 12.7. The van der Waals surface area contributed by atoms with Crippen LogP contribution in [0.2, 0.25) is 0 Å². The topological polar surface area (TPSA) is 57.7 Å². The molecule has 0 spiro atoms. The van der Waals surface area contributed by atoms with E-state index in [0.29, 0.717) is 31.1 Å². The Hall–Kier alpha value is -2.44. The van der Waals surface area contributed by atoms with Gasteiger partial charge >= 0.3 is 0 Å². The van der Waals surface area contributed by atoms with Gasteiger partial charge in [-0.2, -0.15) is 4.31 Å². The lowest BCUT2D eigenvalue weighted by Crippen LogP contribution is -2.50. The zero-order valence-corrected chi connectivity index (χ0v) is 16.4. The molecule has 2 aromatic rings. The number of allylic oxidation sites excluding steroid dienone is 1. The third kappa shape index (κ3) is 4.46. The predicted molar refractivity (Wildman–Crippen MR) is 107 cm³/mol. The summed E-state index contributed by atoms with van der Waals surface area (Å²) in [6, 6.07) is 16.6. The van der Waals surface area contributed by atoms with Gasteiger partial charge in [-0.1, -0.05) is 48.0 Å².